The lowest BCUT2D eigenvalue weighted by molar-refractivity contribution is -0.120. The number of methoxy groups -OCH3 is 1. The number of carbonyl (C=O) groups is 1. The summed E-state index contributed by atoms with van der Waals surface area (Å²) < 4.78 is 33.7. The van der Waals surface area contributed by atoms with Gasteiger partial charge in [-0.05, 0) is 79.6 Å². The van der Waals surface area contributed by atoms with Gasteiger partial charge in [0.2, 0.25) is 5.91 Å². The van der Waals surface area contributed by atoms with E-state index >= 15 is 0 Å². The predicted molar refractivity (Wildman–Crippen MR) is 139 cm³/mol. The second kappa shape index (κ2) is 10.7. The van der Waals surface area contributed by atoms with Crippen molar-refractivity contribution in [1.82, 2.24) is 5.32 Å². The van der Waals surface area contributed by atoms with Crippen LogP contribution in [0.3, 0.4) is 0 Å². The Morgan fingerprint density at radius 3 is 2.46 bits per heavy atom. The second-order valence-electron chi connectivity index (χ2n) is 8.67. The molecule has 184 valence electrons. The van der Waals surface area contributed by atoms with Crippen LogP contribution in [0.4, 0.5) is 5.69 Å². The van der Waals surface area contributed by atoms with Crippen LogP contribution in [-0.2, 0) is 27.7 Å². The van der Waals surface area contributed by atoms with E-state index in [9.17, 15) is 13.2 Å². The van der Waals surface area contributed by atoms with Crippen LogP contribution in [0.15, 0.2) is 71.6 Å². The van der Waals surface area contributed by atoms with Crippen LogP contribution < -0.4 is 14.4 Å². The molecule has 0 aliphatic heterocycles. The van der Waals surface area contributed by atoms with Gasteiger partial charge >= 0.3 is 0 Å². The average Bonchev–Trinajstić information content (AvgIpc) is 2.87. The number of nitrogens with one attached hydrogen (secondary N) is 1. The van der Waals surface area contributed by atoms with Crippen molar-refractivity contribution < 1.29 is 17.9 Å². The number of hydrogen-bond acceptors (Lipinski definition) is 4. The molecule has 0 aromatic heterocycles. The molecule has 1 aliphatic rings. The number of rotatable bonds is 8. The highest BCUT2D eigenvalue weighted by Gasteiger charge is 2.30. The zero-order valence-corrected chi connectivity index (χ0v) is 21.4. The number of ether oxygens (including phenoxy) is 1. The minimum atomic E-state index is -4.08. The van der Waals surface area contributed by atoms with Crippen molar-refractivity contribution in [1.29, 1.82) is 0 Å². The van der Waals surface area contributed by atoms with Crippen molar-refractivity contribution >= 4 is 33.2 Å². The summed E-state index contributed by atoms with van der Waals surface area (Å²) in [6, 6.07) is 18.7. The van der Waals surface area contributed by atoms with Gasteiger partial charge in [0.15, 0.2) is 0 Å². The summed E-state index contributed by atoms with van der Waals surface area (Å²) in [6.07, 6.45) is 4.51. The van der Waals surface area contributed by atoms with E-state index in [0.717, 1.165) is 22.7 Å². The molecule has 6 nitrogen and oxygen atoms in total. The number of anilines is 1. The van der Waals surface area contributed by atoms with E-state index in [1.54, 1.807) is 30.3 Å². The summed E-state index contributed by atoms with van der Waals surface area (Å²) in [6.45, 7) is 1.47. The number of fused-ring (bicyclic) bond motifs is 1. The lowest BCUT2D eigenvalue weighted by Gasteiger charge is -2.27. The van der Waals surface area contributed by atoms with Crippen LogP contribution in [0.1, 0.15) is 42.5 Å². The van der Waals surface area contributed by atoms with E-state index in [0.29, 0.717) is 10.8 Å². The second-order valence-corrected chi connectivity index (χ2v) is 11.0. The molecule has 1 N–H and O–H groups in total. The third-order valence-corrected chi connectivity index (χ3v) is 8.29. The standard InChI is InChI=1S/C27H29ClN2O4S/c1-19(21-13-12-20-8-6-7-9-22(20)16-21)29-27(31)18-30(25-17-23(28)14-15-26(25)34-2)35(32,33)24-10-4-3-5-11-24/h3-5,10-17,19H,6-9,18H2,1-2H3,(H,29,31)/t19-/m0/s1. The Morgan fingerprint density at radius 1 is 1.03 bits per heavy atom. The maximum absolute atomic E-state index is 13.6. The van der Waals surface area contributed by atoms with Crippen LogP contribution in [0.25, 0.3) is 0 Å². The molecule has 8 heteroatoms. The largest absolute Gasteiger partial charge is 0.495 e. The fourth-order valence-electron chi connectivity index (χ4n) is 4.40. The van der Waals surface area contributed by atoms with E-state index in [-0.39, 0.29) is 16.6 Å². The zero-order chi connectivity index (χ0) is 25.0. The van der Waals surface area contributed by atoms with Gasteiger partial charge < -0.3 is 10.1 Å². The summed E-state index contributed by atoms with van der Waals surface area (Å²) in [5, 5.41) is 3.29. The number of halogens is 1. The first-order chi connectivity index (χ1) is 16.8. The zero-order valence-electron chi connectivity index (χ0n) is 19.8. The molecule has 0 bridgehead atoms. The monoisotopic (exact) mass is 512 g/mol. The summed E-state index contributed by atoms with van der Waals surface area (Å²) in [5.74, 6) is -0.138. The highest BCUT2D eigenvalue weighted by molar-refractivity contribution is 7.92. The maximum Gasteiger partial charge on any atom is 0.264 e. The molecule has 1 atom stereocenters. The first-order valence-corrected chi connectivity index (χ1v) is 13.4. The van der Waals surface area contributed by atoms with E-state index < -0.39 is 22.5 Å². The first-order valence-electron chi connectivity index (χ1n) is 11.6. The van der Waals surface area contributed by atoms with Gasteiger partial charge in [-0.2, -0.15) is 0 Å². The lowest BCUT2D eigenvalue weighted by atomic mass is 9.89. The van der Waals surface area contributed by atoms with E-state index in [1.165, 1.54) is 49.3 Å². The van der Waals surface area contributed by atoms with Crippen LogP contribution in [0.2, 0.25) is 5.02 Å². The Bertz CT molecular complexity index is 1310. The third kappa shape index (κ3) is 5.63. The molecule has 0 saturated heterocycles. The minimum absolute atomic E-state index is 0.0672. The fourth-order valence-corrected chi connectivity index (χ4v) is 6.01. The molecule has 35 heavy (non-hydrogen) atoms. The van der Waals surface area contributed by atoms with E-state index in [1.807, 2.05) is 13.0 Å². The van der Waals surface area contributed by atoms with E-state index in [2.05, 4.69) is 17.4 Å². The quantitative estimate of drug-likeness (QED) is 0.444. The van der Waals surface area contributed by atoms with Crippen LogP contribution in [-0.4, -0.2) is 28.0 Å². The predicted octanol–water partition coefficient (Wildman–Crippen LogP) is 5.30. The summed E-state index contributed by atoms with van der Waals surface area (Å²) in [5.41, 5.74) is 3.88. The Labute approximate surface area is 211 Å². The summed E-state index contributed by atoms with van der Waals surface area (Å²) in [7, 11) is -2.63. The van der Waals surface area contributed by atoms with Crippen molar-refractivity contribution in [2.75, 3.05) is 18.0 Å². The smallest absolute Gasteiger partial charge is 0.264 e. The van der Waals surface area contributed by atoms with Crippen molar-refractivity contribution in [3.63, 3.8) is 0 Å². The highest BCUT2D eigenvalue weighted by Crippen LogP contribution is 2.35. The number of carbonyl (C=O) groups excluding carboxylic acids is 1. The molecule has 1 amide bonds. The summed E-state index contributed by atoms with van der Waals surface area (Å²) >= 11 is 6.20. The Balaban J connectivity index is 1.62. The number of sulfonamides is 1. The molecule has 0 radical (unpaired) electrons. The normalized spacial score (nSPS) is 14.0. The van der Waals surface area contributed by atoms with Gasteiger partial charge in [0, 0.05) is 5.02 Å². The molecule has 1 aliphatic carbocycles. The SMILES string of the molecule is COc1ccc(Cl)cc1N(CC(=O)N[C@@H](C)c1ccc2c(c1)CCCC2)S(=O)(=O)c1ccccc1. The lowest BCUT2D eigenvalue weighted by Crippen LogP contribution is -2.41. The summed E-state index contributed by atoms with van der Waals surface area (Å²) in [4.78, 5) is 13.2. The highest BCUT2D eigenvalue weighted by atomic mass is 35.5. The molecule has 4 rings (SSSR count). The molecule has 0 fully saturated rings. The number of benzene rings is 3. The first kappa shape index (κ1) is 25.1. The van der Waals surface area contributed by atoms with Crippen LogP contribution in [0.5, 0.6) is 5.75 Å². The van der Waals surface area contributed by atoms with Gasteiger partial charge in [-0.25, -0.2) is 8.42 Å². The average molecular weight is 513 g/mol. The number of aryl methyl sites for hydroxylation is 2. The van der Waals surface area contributed by atoms with E-state index in [4.69, 9.17) is 16.3 Å². The molecule has 3 aromatic rings. The number of amides is 1. The van der Waals surface area contributed by atoms with Crippen molar-refractivity contribution in [2.24, 2.45) is 0 Å². The van der Waals surface area contributed by atoms with Crippen LogP contribution >= 0.6 is 11.6 Å². The number of hydrogen-bond donors (Lipinski definition) is 1. The Hall–Kier alpha value is -3.03. The molecule has 0 heterocycles. The van der Waals surface area contributed by atoms with Gasteiger partial charge in [0.1, 0.15) is 12.3 Å². The molecule has 0 spiro atoms. The Morgan fingerprint density at radius 2 is 1.74 bits per heavy atom. The molecular weight excluding hydrogens is 484 g/mol. The Kier molecular flexibility index (Phi) is 7.67. The van der Waals surface area contributed by atoms with Gasteiger partial charge in [0.05, 0.1) is 23.7 Å². The topological polar surface area (TPSA) is 75.7 Å². The molecule has 0 unspecified atom stereocenters. The van der Waals surface area contributed by atoms with Crippen molar-refractivity contribution in [3.8, 4) is 5.75 Å². The van der Waals surface area contributed by atoms with Gasteiger partial charge in [-0.3, -0.25) is 9.10 Å². The van der Waals surface area contributed by atoms with Crippen molar-refractivity contribution in [3.05, 3.63) is 88.4 Å². The minimum Gasteiger partial charge on any atom is -0.495 e. The number of nitrogens with zero attached hydrogens (tertiary/aromatic N) is 1. The molecule has 3 aromatic carbocycles. The van der Waals surface area contributed by atoms with Gasteiger partial charge in [0.25, 0.3) is 10.0 Å². The van der Waals surface area contributed by atoms with Crippen LogP contribution in [0, 0.1) is 0 Å². The maximum atomic E-state index is 13.6. The van der Waals surface area contributed by atoms with Gasteiger partial charge in [-0.15, -0.1) is 0 Å². The third-order valence-electron chi connectivity index (χ3n) is 6.28. The van der Waals surface area contributed by atoms with Gasteiger partial charge in [-0.1, -0.05) is 48.0 Å². The molecular formula is C27H29ClN2O4S. The fraction of sp³-hybridized carbons (Fsp3) is 0.296. The van der Waals surface area contributed by atoms with Crippen molar-refractivity contribution in [2.45, 2.75) is 43.5 Å². The molecule has 0 saturated carbocycles.